The summed E-state index contributed by atoms with van der Waals surface area (Å²) in [6, 6.07) is 1.39. The molecule has 0 aromatic carbocycles. The minimum atomic E-state index is -4.82. The molecule has 27 heavy (non-hydrogen) atoms. The first-order chi connectivity index (χ1) is 12.4. The van der Waals surface area contributed by atoms with Crippen LogP contribution in [0.1, 0.15) is 27.2 Å². The molecular weight excluding hydrogens is 389 g/mol. The minimum absolute atomic E-state index is 0.0129. The zero-order valence-electron chi connectivity index (χ0n) is 16.0. The Morgan fingerprint density at radius 3 is 1.96 bits per heavy atom. The zero-order valence-corrected chi connectivity index (χ0v) is 16.8. The lowest BCUT2D eigenvalue weighted by Crippen LogP contribution is -2.51. The van der Waals surface area contributed by atoms with Gasteiger partial charge in [0.05, 0.1) is 26.7 Å². The molecule has 0 radical (unpaired) electrons. The van der Waals surface area contributed by atoms with E-state index in [0.29, 0.717) is 11.8 Å². The predicted octanol–water partition coefficient (Wildman–Crippen LogP) is 3.27. The third kappa shape index (κ3) is 6.73. The number of halogens is 3. The fourth-order valence-corrected chi connectivity index (χ4v) is 2.98. The molecule has 11 heteroatoms. The number of carbonyl (C=O) groups is 1. The van der Waals surface area contributed by atoms with Gasteiger partial charge in [-0.05, 0) is 20.8 Å². The summed E-state index contributed by atoms with van der Waals surface area (Å²) in [4.78, 5) is 19.9. The van der Waals surface area contributed by atoms with E-state index < -0.39 is 35.5 Å². The first-order valence-corrected chi connectivity index (χ1v) is 8.78. The largest absolute Gasteiger partial charge is 0.481 e. The van der Waals surface area contributed by atoms with Gasteiger partial charge in [0, 0.05) is 12.9 Å². The molecule has 0 amide bonds. The van der Waals surface area contributed by atoms with Crippen molar-refractivity contribution >= 4 is 17.7 Å². The SMILES string of the molecule is COc1cc(OC)nc(SCC(CC(=O)OC(C)(C)C)(OC)C(F)(F)F)n1. The molecule has 1 heterocycles. The number of carbonyl (C=O) groups excluding carboxylic acids is 1. The normalized spacial score (nSPS) is 14.4. The van der Waals surface area contributed by atoms with Crippen LogP contribution in [0.4, 0.5) is 13.2 Å². The summed E-state index contributed by atoms with van der Waals surface area (Å²) in [6.07, 6.45) is -5.83. The first kappa shape index (κ1) is 23.3. The molecule has 0 saturated heterocycles. The summed E-state index contributed by atoms with van der Waals surface area (Å²) in [6.45, 7) is 4.70. The van der Waals surface area contributed by atoms with E-state index in [1.54, 1.807) is 20.8 Å². The van der Waals surface area contributed by atoms with Crippen LogP contribution in [0, 0.1) is 0 Å². The van der Waals surface area contributed by atoms with Crippen molar-refractivity contribution in [3.63, 3.8) is 0 Å². The smallest absolute Gasteiger partial charge is 0.418 e. The van der Waals surface area contributed by atoms with Crippen molar-refractivity contribution in [1.82, 2.24) is 9.97 Å². The molecule has 1 unspecified atom stereocenters. The highest BCUT2D eigenvalue weighted by Gasteiger charge is 2.57. The van der Waals surface area contributed by atoms with Crippen LogP contribution >= 0.6 is 11.8 Å². The maximum absolute atomic E-state index is 13.7. The van der Waals surface area contributed by atoms with Crippen molar-refractivity contribution < 1.29 is 36.9 Å². The third-order valence-corrected chi connectivity index (χ3v) is 4.32. The number of thioether (sulfide) groups is 1. The van der Waals surface area contributed by atoms with Crippen molar-refractivity contribution in [3.8, 4) is 11.8 Å². The number of rotatable bonds is 8. The van der Waals surface area contributed by atoms with Crippen LogP contribution in [0.15, 0.2) is 11.2 Å². The van der Waals surface area contributed by atoms with Crippen LogP contribution in [0.3, 0.4) is 0 Å². The van der Waals surface area contributed by atoms with Gasteiger partial charge in [-0.1, -0.05) is 11.8 Å². The fraction of sp³-hybridized carbons (Fsp3) is 0.688. The summed E-state index contributed by atoms with van der Waals surface area (Å²) >= 11 is 0.663. The molecule has 0 aliphatic heterocycles. The van der Waals surface area contributed by atoms with E-state index in [4.69, 9.17) is 18.9 Å². The monoisotopic (exact) mass is 412 g/mol. The number of hydrogen-bond acceptors (Lipinski definition) is 8. The van der Waals surface area contributed by atoms with Gasteiger partial charge in [0.1, 0.15) is 5.60 Å². The minimum Gasteiger partial charge on any atom is -0.481 e. The van der Waals surface area contributed by atoms with Crippen LogP contribution in [0.25, 0.3) is 0 Å². The number of esters is 1. The van der Waals surface area contributed by atoms with Crippen molar-refractivity contribution in [1.29, 1.82) is 0 Å². The van der Waals surface area contributed by atoms with Crippen LogP contribution in [0.5, 0.6) is 11.8 Å². The van der Waals surface area contributed by atoms with Gasteiger partial charge in [-0.15, -0.1) is 0 Å². The van der Waals surface area contributed by atoms with Crippen LogP contribution < -0.4 is 9.47 Å². The second kappa shape index (κ2) is 8.96. The summed E-state index contributed by atoms with van der Waals surface area (Å²) in [7, 11) is 3.60. The summed E-state index contributed by atoms with van der Waals surface area (Å²) in [5.41, 5.74) is -3.68. The lowest BCUT2D eigenvalue weighted by atomic mass is 10.0. The molecule has 0 saturated carbocycles. The Kier molecular flexibility index (Phi) is 7.73. The third-order valence-electron chi connectivity index (χ3n) is 3.27. The molecule has 0 aliphatic carbocycles. The molecule has 0 spiro atoms. The average molecular weight is 412 g/mol. The van der Waals surface area contributed by atoms with E-state index in [0.717, 1.165) is 7.11 Å². The summed E-state index contributed by atoms with van der Waals surface area (Å²) < 4.78 is 60.9. The Morgan fingerprint density at radius 2 is 1.59 bits per heavy atom. The lowest BCUT2D eigenvalue weighted by Gasteiger charge is -2.34. The molecule has 1 aromatic rings. The van der Waals surface area contributed by atoms with Gasteiger partial charge in [-0.2, -0.15) is 23.1 Å². The lowest BCUT2D eigenvalue weighted by molar-refractivity contribution is -0.264. The van der Waals surface area contributed by atoms with E-state index in [1.165, 1.54) is 20.3 Å². The number of alkyl halides is 3. The van der Waals surface area contributed by atoms with Crippen LogP contribution in [-0.2, 0) is 14.3 Å². The molecule has 1 atom stereocenters. The highest BCUT2D eigenvalue weighted by atomic mass is 32.2. The molecule has 1 aromatic heterocycles. The Bertz CT molecular complexity index is 630. The van der Waals surface area contributed by atoms with Crippen molar-refractivity contribution in [2.75, 3.05) is 27.1 Å². The topological polar surface area (TPSA) is 79.8 Å². The van der Waals surface area contributed by atoms with Gasteiger partial charge in [0.2, 0.25) is 11.8 Å². The number of methoxy groups -OCH3 is 3. The molecule has 154 valence electrons. The molecule has 0 N–H and O–H groups in total. The Labute approximate surface area is 159 Å². The van der Waals surface area contributed by atoms with Gasteiger partial charge in [-0.3, -0.25) is 4.79 Å². The molecule has 1 rings (SSSR count). The highest BCUT2D eigenvalue weighted by Crippen LogP contribution is 2.40. The quantitative estimate of drug-likeness (QED) is 0.366. The van der Waals surface area contributed by atoms with Gasteiger partial charge in [0.25, 0.3) is 0 Å². The van der Waals surface area contributed by atoms with Crippen LogP contribution in [0.2, 0.25) is 0 Å². The van der Waals surface area contributed by atoms with E-state index >= 15 is 0 Å². The van der Waals surface area contributed by atoms with Crippen LogP contribution in [-0.4, -0.2) is 60.4 Å². The maximum Gasteiger partial charge on any atom is 0.418 e. The van der Waals surface area contributed by atoms with Gasteiger partial charge >= 0.3 is 12.1 Å². The number of aromatic nitrogens is 2. The highest BCUT2D eigenvalue weighted by molar-refractivity contribution is 7.99. The van der Waals surface area contributed by atoms with E-state index in [-0.39, 0.29) is 16.9 Å². The maximum atomic E-state index is 13.7. The Morgan fingerprint density at radius 1 is 1.07 bits per heavy atom. The fourth-order valence-electron chi connectivity index (χ4n) is 1.93. The zero-order chi connectivity index (χ0) is 20.9. The second-order valence-electron chi connectivity index (χ2n) is 6.48. The van der Waals surface area contributed by atoms with E-state index in [1.807, 2.05) is 0 Å². The number of ether oxygens (including phenoxy) is 4. The second-order valence-corrected chi connectivity index (χ2v) is 7.43. The van der Waals surface area contributed by atoms with Crippen molar-refractivity contribution in [2.45, 2.75) is 49.7 Å². The molecule has 0 fully saturated rings. The predicted molar refractivity (Wildman–Crippen MR) is 92.1 cm³/mol. The van der Waals surface area contributed by atoms with Gasteiger partial charge in [0.15, 0.2) is 10.8 Å². The molecule has 0 aliphatic rings. The molecule has 7 nitrogen and oxygen atoms in total. The Balaban J connectivity index is 3.07. The Hall–Kier alpha value is -1.75. The number of hydrogen-bond donors (Lipinski definition) is 0. The van der Waals surface area contributed by atoms with E-state index in [9.17, 15) is 18.0 Å². The van der Waals surface area contributed by atoms with Crippen molar-refractivity contribution in [2.24, 2.45) is 0 Å². The summed E-state index contributed by atoms with van der Waals surface area (Å²) in [5, 5.41) is -0.0129. The van der Waals surface area contributed by atoms with E-state index in [2.05, 4.69) is 9.97 Å². The van der Waals surface area contributed by atoms with Crippen molar-refractivity contribution in [3.05, 3.63) is 6.07 Å². The molecular formula is C16H23F3N2O5S. The standard InChI is InChI=1S/C16H23F3N2O5S/c1-14(2,3)26-12(22)8-15(25-6,16(17,18)19)9-27-13-20-10(23-4)7-11(21-13)24-5/h7H,8-9H2,1-6H3. The number of nitrogens with zero attached hydrogens (tertiary/aromatic N) is 2. The average Bonchev–Trinajstić information content (AvgIpc) is 2.55. The molecule has 0 bridgehead atoms. The van der Waals surface area contributed by atoms with Gasteiger partial charge in [-0.25, -0.2) is 0 Å². The first-order valence-electron chi connectivity index (χ1n) is 7.79. The summed E-state index contributed by atoms with van der Waals surface area (Å²) in [5.74, 6) is -1.42. The van der Waals surface area contributed by atoms with Gasteiger partial charge < -0.3 is 18.9 Å².